The second-order valence-electron chi connectivity index (χ2n) is 7.75. The zero-order valence-electron chi connectivity index (χ0n) is 19.4. The lowest BCUT2D eigenvalue weighted by Gasteiger charge is -2.44. The molecule has 8 heteroatoms. The van der Waals surface area contributed by atoms with Crippen LogP contribution in [0.25, 0.3) is 0 Å². The lowest BCUT2D eigenvalue weighted by atomic mass is 10.0. The molecule has 0 saturated carbocycles. The predicted octanol–water partition coefficient (Wildman–Crippen LogP) is 3.10. The van der Waals surface area contributed by atoms with E-state index in [-0.39, 0.29) is 23.9 Å². The van der Waals surface area contributed by atoms with Crippen molar-refractivity contribution in [3.63, 3.8) is 0 Å². The van der Waals surface area contributed by atoms with Crippen LogP contribution < -0.4 is 18.9 Å². The molecule has 2 atom stereocenters. The smallest absolute Gasteiger partial charge is 0.254 e. The van der Waals surface area contributed by atoms with Crippen molar-refractivity contribution in [1.29, 1.82) is 0 Å². The van der Waals surface area contributed by atoms with Gasteiger partial charge in [-0.15, -0.1) is 0 Å². The summed E-state index contributed by atoms with van der Waals surface area (Å²) in [5.74, 6) is 1.92. The minimum Gasteiger partial charge on any atom is -0.493 e. The number of hydrogen-bond donors (Lipinski definition) is 0. The van der Waals surface area contributed by atoms with Gasteiger partial charge in [0.25, 0.3) is 11.8 Å². The van der Waals surface area contributed by atoms with Crippen LogP contribution in [0.4, 0.5) is 0 Å². The van der Waals surface area contributed by atoms with Crippen LogP contribution in [0.5, 0.6) is 23.0 Å². The number of carbonyl (C=O) groups excluding carboxylic acids is 2. The Balaban J connectivity index is 1.78. The van der Waals surface area contributed by atoms with E-state index in [1.165, 1.54) is 14.2 Å². The molecule has 0 radical (unpaired) electrons. The van der Waals surface area contributed by atoms with Gasteiger partial charge >= 0.3 is 0 Å². The Kier molecular flexibility index (Phi) is 7.12. The average Bonchev–Trinajstić information content (AvgIpc) is 2.83. The van der Waals surface area contributed by atoms with Gasteiger partial charge in [-0.1, -0.05) is 0 Å². The number of methoxy groups -OCH3 is 4. The third kappa shape index (κ3) is 4.44. The molecular weight excluding hydrogens is 412 g/mol. The summed E-state index contributed by atoms with van der Waals surface area (Å²) in [6.45, 7) is 4.74. The number of carbonyl (C=O) groups is 2. The van der Waals surface area contributed by atoms with E-state index in [1.54, 1.807) is 60.4 Å². The Morgan fingerprint density at radius 3 is 1.31 bits per heavy atom. The summed E-state index contributed by atoms with van der Waals surface area (Å²) >= 11 is 0. The second kappa shape index (κ2) is 9.80. The number of hydrogen-bond acceptors (Lipinski definition) is 6. The molecule has 1 aliphatic rings. The number of ether oxygens (including phenoxy) is 4. The standard InChI is InChI=1S/C24H30N2O6/c1-15-13-26(24(28)18-8-10-20(30-4)22(12-18)32-6)16(2)14-25(15)23(27)17-7-9-19(29-3)21(11-17)31-5/h7-12,15-16H,13-14H2,1-6H3/t15-,16+. The molecule has 0 bridgehead atoms. The molecule has 3 rings (SSSR count). The zero-order chi connectivity index (χ0) is 23.4. The quantitative estimate of drug-likeness (QED) is 0.684. The molecule has 0 unspecified atom stereocenters. The first-order valence-electron chi connectivity index (χ1n) is 10.4. The van der Waals surface area contributed by atoms with Crippen LogP contribution in [-0.2, 0) is 0 Å². The summed E-state index contributed by atoms with van der Waals surface area (Å²) in [5.41, 5.74) is 1.03. The molecule has 8 nitrogen and oxygen atoms in total. The van der Waals surface area contributed by atoms with Crippen LogP contribution in [0.2, 0.25) is 0 Å². The van der Waals surface area contributed by atoms with E-state index in [0.717, 1.165) is 0 Å². The van der Waals surface area contributed by atoms with Crippen molar-refractivity contribution in [3.8, 4) is 23.0 Å². The summed E-state index contributed by atoms with van der Waals surface area (Å²) in [6, 6.07) is 9.93. The monoisotopic (exact) mass is 442 g/mol. The average molecular weight is 443 g/mol. The summed E-state index contributed by atoms with van der Waals surface area (Å²) in [6.07, 6.45) is 0. The molecule has 0 N–H and O–H groups in total. The summed E-state index contributed by atoms with van der Waals surface area (Å²) < 4.78 is 21.2. The Morgan fingerprint density at radius 1 is 0.656 bits per heavy atom. The molecule has 2 aromatic carbocycles. The van der Waals surface area contributed by atoms with Crippen LogP contribution >= 0.6 is 0 Å². The summed E-state index contributed by atoms with van der Waals surface area (Å²) in [5, 5.41) is 0. The fourth-order valence-corrected chi connectivity index (χ4v) is 3.96. The molecular formula is C24H30N2O6. The first-order chi connectivity index (χ1) is 15.3. The molecule has 1 fully saturated rings. The lowest BCUT2D eigenvalue weighted by molar-refractivity contribution is 0.0269. The van der Waals surface area contributed by atoms with Gasteiger partial charge in [-0.05, 0) is 50.2 Å². The molecule has 172 valence electrons. The molecule has 0 spiro atoms. The van der Waals surface area contributed by atoms with Crippen molar-refractivity contribution in [3.05, 3.63) is 47.5 Å². The first kappa shape index (κ1) is 23.2. The van der Waals surface area contributed by atoms with Crippen molar-refractivity contribution in [1.82, 2.24) is 9.80 Å². The number of nitrogens with zero attached hydrogens (tertiary/aromatic N) is 2. The van der Waals surface area contributed by atoms with Crippen molar-refractivity contribution >= 4 is 11.8 Å². The highest BCUT2D eigenvalue weighted by atomic mass is 16.5. The van der Waals surface area contributed by atoms with Crippen molar-refractivity contribution in [2.75, 3.05) is 41.5 Å². The molecule has 0 aromatic heterocycles. The van der Waals surface area contributed by atoms with E-state index in [4.69, 9.17) is 18.9 Å². The van der Waals surface area contributed by atoms with Gasteiger partial charge < -0.3 is 28.7 Å². The van der Waals surface area contributed by atoms with E-state index < -0.39 is 0 Å². The molecule has 2 amide bonds. The highest BCUT2D eigenvalue weighted by molar-refractivity contribution is 5.97. The molecule has 32 heavy (non-hydrogen) atoms. The van der Waals surface area contributed by atoms with E-state index in [1.807, 2.05) is 13.8 Å². The summed E-state index contributed by atoms with van der Waals surface area (Å²) in [4.78, 5) is 30.0. The third-order valence-corrected chi connectivity index (χ3v) is 5.77. The maximum Gasteiger partial charge on any atom is 0.254 e. The topological polar surface area (TPSA) is 77.5 Å². The van der Waals surface area contributed by atoms with Crippen LogP contribution in [0.15, 0.2) is 36.4 Å². The first-order valence-corrected chi connectivity index (χ1v) is 10.4. The van der Waals surface area contributed by atoms with Crippen LogP contribution in [0.3, 0.4) is 0 Å². The van der Waals surface area contributed by atoms with Gasteiger partial charge in [0.15, 0.2) is 23.0 Å². The summed E-state index contributed by atoms with van der Waals surface area (Å²) in [7, 11) is 6.18. The van der Waals surface area contributed by atoms with Crippen molar-refractivity contribution < 1.29 is 28.5 Å². The zero-order valence-corrected chi connectivity index (χ0v) is 19.4. The Hall–Kier alpha value is -3.42. The van der Waals surface area contributed by atoms with Crippen molar-refractivity contribution in [2.24, 2.45) is 0 Å². The molecule has 1 aliphatic heterocycles. The van der Waals surface area contributed by atoms with Gasteiger partial charge in [-0.2, -0.15) is 0 Å². The minimum atomic E-state index is -0.157. The fourth-order valence-electron chi connectivity index (χ4n) is 3.96. The molecule has 2 aromatic rings. The van der Waals surface area contributed by atoms with Gasteiger partial charge in [0, 0.05) is 36.3 Å². The fraction of sp³-hybridized carbons (Fsp3) is 0.417. The molecule has 0 aliphatic carbocycles. The minimum absolute atomic E-state index is 0.108. The number of rotatable bonds is 6. The number of benzene rings is 2. The Bertz CT molecular complexity index is 913. The van der Waals surface area contributed by atoms with Crippen LogP contribution in [0, 0.1) is 0 Å². The maximum absolute atomic E-state index is 13.2. The Morgan fingerprint density at radius 2 is 1.00 bits per heavy atom. The van der Waals surface area contributed by atoms with E-state index in [2.05, 4.69) is 0 Å². The second-order valence-corrected chi connectivity index (χ2v) is 7.75. The van der Waals surface area contributed by atoms with Gasteiger partial charge in [0.2, 0.25) is 0 Å². The SMILES string of the molecule is COc1ccc(C(=O)N2C[C@H](C)N(C(=O)c3ccc(OC)c(OC)c3)C[C@H]2C)cc1OC. The van der Waals surface area contributed by atoms with E-state index in [9.17, 15) is 9.59 Å². The van der Waals surface area contributed by atoms with Crippen molar-refractivity contribution in [2.45, 2.75) is 25.9 Å². The molecule has 1 saturated heterocycles. The predicted molar refractivity (Wildman–Crippen MR) is 120 cm³/mol. The maximum atomic E-state index is 13.2. The van der Waals surface area contributed by atoms with Crippen LogP contribution in [0.1, 0.15) is 34.6 Å². The van der Waals surface area contributed by atoms with E-state index >= 15 is 0 Å². The number of amides is 2. The van der Waals surface area contributed by atoms with Crippen LogP contribution in [-0.4, -0.2) is 75.2 Å². The van der Waals surface area contributed by atoms with Gasteiger partial charge in [0.05, 0.1) is 28.4 Å². The highest BCUT2D eigenvalue weighted by Crippen LogP contribution is 2.31. The molecule has 1 heterocycles. The highest BCUT2D eigenvalue weighted by Gasteiger charge is 2.35. The number of piperazine rings is 1. The Labute approximate surface area is 188 Å². The van der Waals surface area contributed by atoms with Gasteiger partial charge in [-0.25, -0.2) is 0 Å². The van der Waals surface area contributed by atoms with Gasteiger partial charge in [-0.3, -0.25) is 9.59 Å². The third-order valence-electron chi connectivity index (χ3n) is 5.77. The normalized spacial score (nSPS) is 18.2. The van der Waals surface area contributed by atoms with Gasteiger partial charge in [0.1, 0.15) is 0 Å². The van der Waals surface area contributed by atoms with E-state index in [0.29, 0.717) is 47.2 Å². The largest absolute Gasteiger partial charge is 0.493 e. The lowest BCUT2D eigenvalue weighted by Crippen LogP contribution is -2.59.